The zero-order valence-electron chi connectivity index (χ0n) is 10.7. The molecule has 0 radical (unpaired) electrons. The summed E-state index contributed by atoms with van der Waals surface area (Å²) in [5, 5.41) is 9.89. The summed E-state index contributed by atoms with van der Waals surface area (Å²) in [4.78, 5) is 11.1. The van der Waals surface area contributed by atoms with Crippen molar-refractivity contribution < 1.29 is 14.6 Å². The second-order valence-electron chi connectivity index (χ2n) is 4.43. The van der Waals surface area contributed by atoms with E-state index in [4.69, 9.17) is 9.84 Å². The maximum absolute atomic E-state index is 11.1. The zero-order chi connectivity index (χ0) is 13.9. The average Bonchev–Trinajstić information content (AvgIpc) is 2.91. The molecule has 3 rings (SSSR count). The van der Waals surface area contributed by atoms with Crippen LogP contribution < -0.4 is 4.74 Å². The van der Waals surface area contributed by atoms with Crippen LogP contribution in [-0.4, -0.2) is 15.8 Å². The third-order valence-corrected chi connectivity index (χ3v) is 3.14. The number of benzene rings is 2. The number of carbonyl (C=O) groups is 1. The van der Waals surface area contributed by atoms with Crippen molar-refractivity contribution in [1.29, 1.82) is 0 Å². The van der Waals surface area contributed by atoms with Crippen LogP contribution in [0.5, 0.6) is 5.75 Å². The van der Waals surface area contributed by atoms with Crippen molar-refractivity contribution in [3.63, 3.8) is 0 Å². The Hall–Kier alpha value is -2.75. The molecule has 1 heterocycles. The molecule has 1 aromatic heterocycles. The number of carboxylic acid groups (broad SMARTS) is 1. The van der Waals surface area contributed by atoms with E-state index in [1.54, 1.807) is 18.2 Å². The Morgan fingerprint density at radius 1 is 1.05 bits per heavy atom. The Bertz CT molecular complexity index is 747. The number of hydrogen-bond acceptors (Lipinski definition) is 2. The van der Waals surface area contributed by atoms with Gasteiger partial charge in [0.1, 0.15) is 12.4 Å². The van der Waals surface area contributed by atoms with Crippen LogP contribution in [0.25, 0.3) is 10.9 Å². The molecule has 4 nitrogen and oxygen atoms in total. The molecule has 0 spiro atoms. The van der Waals surface area contributed by atoms with Crippen LogP contribution in [0.4, 0.5) is 4.79 Å². The molecule has 1 N–H and O–H groups in total. The van der Waals surface area contributed by atoms with Gasteiger partial charge in [0, 0.05) is 11.6 Å². The number of ether oxygens (including phenoxy) is 1. The predicted octanol–water partition coefficient (Wildman–Crippen LogP) is 3.75. The molecule has 0 aliphatic rings. The van der Waals surface area contributed by atoms with Gasteiger partial charge in [0.25, 0.3) is 0 Å². The lowest BCUT2D eigenvalue weighted by atomic mass is 10.2. The molecular weight excluding hydrogens is 254 g/mol. The van der Waals surface area contributed by atoms with Crippen LogP contribution in [0.3, 0.4) is 0 Å². The molecule has 0 saturated heterocycles. The Morgan fingerprint density at radius 2 is 1.85 bits per heavy atom. The molecule has 4 heteroatoms. The van der Waals surface area contributed by atoms with Crippen LogP contribution in [0, 0.1) is 0 Å². The number of aromatic nitrogens is 1. The Balaban J connectivity index is 1.90. The lowest BCUT2D eigenvalue weighted by Crippen LogP contribution is -2.05. The van der Waals surface area contributed by atoms with Gasteiger partial charge >= 0.3 is 6.09 Å². The van der Waals surface area contributed by atoms with Gasteiger partial charge in [0.2, 0.25) is 0 Å². The third-order valence-electron chi connectivity index (χ3n) is 3.14. The topological polar surface area (TPSA) is 51.5 Å². The molecule has 0 atom stereocenters. The van der Waals surface area contributed by atoms with Crippen LogP contribution in [0.15, 0.2) is 60.8 Å². The fourth-order valence-electron chi connectivity index (χ4n) is 2.17. The van der Waals surface area contributed by atoms with E-state index in [-0.39, 0.29) is 0 Å². The van der Waals surface area contributed by atoms with E-state index < -0.39 is 6.09 Å². The van der Waals surface area contributed by atoms with Gasteiger partial charge in [-0.25, -0.2) is 4.79 Å². The molecule has 0 amide bonds. The van der Waals surface area contributed by atoms with Gasteiger partial charge in [-0.15, -0.1) is 0 Å². The first kappa shape index (κ1) is 12.3. The van der Waals surface area contributed by atoms with Gasteiger partial charge in [-0.05, 0) is 23.8 Å². The maximum Gasteiger partial charge on any atom is 0.416 e. The Morgan fingerprint density at radius 3 is 2.60 bits per heavy atom. The lowest BCUT2D eigenvalue weighted by molar-refractivity contribution is 0.197. The minimum atomic E-state index is -1.000. The molecule has 2 aromatic carbocycles. The second-order valence-corrected chi connectivity index (χ2v) is 4.43. The molecule has 0 aliphatic carbocycles. The fourth-order valence-corrected chi connectivity index (χ4v) is 2.17. The van der Waals surface area contributed by atoms with Crippen molar-refractivity contribution in [1.82, 2.24) is 4.57 Å². The van der Waals surface area contributed by atoms with Crippen molar-refractivity contribution in [2.75, 3.05) is 0 Å². The lowest BCUT2D eigenvalue weighted by Gasteiger charge is -2.08. The Labute approximate surface area is 115 Å². The highest BCUT2D eigenvalue weighted by Crippen LogP contribution is 2.27. The number of rotatable bonds is 3. The predicted molar refractivity (Wildman–Crippen MR) is 76.1 cm³/mol. The summed E-state index contributed by atoms with van der Waals surface area (Å²) in [5.74, 6) is 0.686. The maximum atomic E-state index is 11.1. The number of fused-ring (bicyclic) bond motifs is 1. The third kappa shape index (κ3) is 2.23. The Kier molecular flexibility index (Phi) is 3.13. The van der Waals surface area contributed by atoms with E-state index in [1.165, 1.54) is 10.8 Å². The highest BCUT2D eigenvalue weighted by molar-refractivity contribution is 5.92. The molecule has 0 fully saturated rings. The quantitative estimate of drug-likeness (QED) is 0.786. The zero-order valence-corrected chi connectivity index (χ0v) is 10.7. The summed E-state index contributed by atoms with van der Waals surface area (Å²) in [7, 11) is 0. The largest absolute Gasteiger partial charge is 0.488 e. The minimum Gasteiger partial charge on any atom is -0.488 e. The summed E-state index contributed by atoms with van der Waals surface area (Å²) < 4.78 is 6.98. The normalized spacial score (nSPS) is 10.6. The summed E-state index contributed by atoms with van der Waals surface area (Å²) in [5.41, 5.74) is 1.70. The van der Waals surface area contributed by atoms with Gasteiger partial charge in [0.15, 0.2) is 0 Å². The van der Waals surface area contributed by atoms with Crippen molar-refractivity contribution in [2.24, 2.45) is 0 Å². The fraction of sp³-hybridized carbons (Fsp3) is 0.0625. The van der Waals surface area contributed by atoms with Crippen molar-refractivity contribution in [2.45, 2.75) is 6.61 Å². The SMILES string of the molecule is O=C(O)n1ccc2c(OCc3ccccc3)cccc21. The van der Waals surface area contributed by atoms with Gasteiger partial charge in [-0.3, -0.25) is 4.57 Å². The van der Waals surface area contributed by atoms with E-state index in [9.17, 15) is 4.79 Å². The van der Waals surface area contributed by atoms with E-state index in [0.29, 0.717) is 17.9 Å². The number of nitrogens with zero attached hydrogens (tertiary/aromatic N) is 1. The minimum absolute atomic E-state index is 0.457. The summed E-state index contributed by atoms with van der Waals surface area (Å²) in [6, 6.07) is 17.0. The van der Waals surface area contributed by atoms with E-state index in [0.717, 1.165) is 10.9 Å². The highest BCUT2D eigenvalue weighted by atomic mass is 16.5. The molecular formula is C16H13NO3. The van der Waals surface area contributed by atoms with Gasteiger partial charge in [0.05, 0.1) is 5.52 Å². The van der Waals surface area contributed by atoms with Crippen molar-refractivity contribution in [3.8, 4) is 5.75 Å². The first-order valence-electron chi connectivity index (χ1n) is 6.26. The van der Waals surface area contributed by atoms with Crippen LogP contribution in [0.1, 0.15) is 5.56 Å². The molecule has 20 heavy (non-hydrogen) atoms. The van der Waals surface area contributed by atoms with Crippen LogP contribution >= 0.6 is 0 Å². The van der Waals surface area contributed by atoms with Crippen molar-refractivity contribution >= 4 is 17.0 Å². The first-order chi connectivity index (χ1) is 9.75. The smallest absolute Gasteiger partial charge is 0.416 e. The highest BCUT2D eigenvalue weighted by Gasteiger charge is 2.10. The van der Waals surface area contributed by atoms with Crippen LogP contribution in [-0.2, 0) is 6.61 Å². The molecule has 0 unspecified atom stereocenters. The molecule has 0 saturated carbocycles. The van der Waals surface area contributed by atoms with Gasteiger partial charge < -0.3 is 9.84 Å². The van der Waals surface area contributed by atoms with Gasteiger partial charge in [-0.2, -0.15) is 0 Å². The standard InChI is InChI=1S/C16H13NO3/c18-16(19)17-10-9-13-14(17)7-4-8-15(13)20-11-12-5-2-1-3-6-12/h1-10H,11H2,(H,18,19). The summed E-state index contributed by atoms with van der Waals surface area (Å²) in [6.07, 6.45) is 0.530. The van der Waals surface area contributed by atoms with Gasteiger partial charge in [-0.1, -0.05) is 36.4 Å². The monoisotopic (exact) mass is 267 g/mol. The molecule has 0 aliphatic heterocycles. The second kappa shape index (κ2) is 5.09. The molecule has 0 bridgehead atoms. The number of hydrogen-bond donors (Lipinski definition) is 1. The summed E-state index contributed by atoms with van der Waals surface area (Å²) >= 11 is 0. The van der Waals surface area contributed by atoms with E-state index >= 15 is 0 Å². The molecule has 100 valence electrons. The molecule has 3 aromatic rings. The average molecular weight is 267 g/mol. The van der Waals surface area contributed by atoms with E-state index in [1.807, 2.05) is 36.4 Å². The van der Waals surface area contributed by atoms with Crippen molar-refractivity contribution in [3.05, 3.63) is 66.4 Å². The summed E-state index contributed by atoms with van der Waals surface area (Å²) in [6.45, 7) is 0.457. The van der Waals surface area contributed by atoms with E-state index in [2.05, 4.69) is 0 Å². The first-order valence-corrected chi connectivity index (χ1v) is 6.26. The van der Waals surface area contributed by atoms with Crippen LogP contribution in [0.2, 0.25) is 0 Å².